The van der Waals surface area contributed by atoms with E-state index < -0.39 is 12.7 Å². The van der Waals surface area contributed by atoms with Gasteiger partial charge in [0.05, 0.1) is 10.6 Å². The smallest absolute Gasteiger partial charge is 0.423 e. The zero-order chi connectivity index (χ0) is 19.2. The zero-order valence-electron chi connectivity index (χ0n) is 14.9. The van der Waals surface area contributed by atoms with Crippen LogP contribution in [-0.2, 0) is 16.7 Å². The number of nitrogens with zero attached hydrogens (tertiary/aromatic N) is 3. The average molecular weight is 382 g/mol. The van der Waals surface area contributed by atoms with Gasteiger partial charge >= 0.3 is 7.12 Å². The van der Waals surface area contributed by atoms with Gasteiger partial charge < -0.3 is 9.68 Å². The number of aromatic nitrogens is 3. The van der Waals surface area contributed by atoms with Crippen molar-refractivity contribution in [3.63, 3.8) is 0 Å². The van der Waals surface area contributed by atoms with Gasteiger partial charge in [0.15, 0.2) is 5.78 Å². The highest BCUT2D eigenvalue weighted by Gasteiger charge is 2.40. The van der Waals surface area contributed by atoms with E-state index in [0.29, 0.717) is 16.0 Å². The van der Waals surface area contributed by atoms with Gasteiger partial charge in [0.2, 0.25) is 0 Å². The SMILES string of the molecule is CC1(C)OB(O)c2cc(CC(=O)c3ccc(-n4cnnc4)cc3Cl)ccc21. The van der Waals surface area contributed by atoms with E-state index >= 15 is 0 Å². The van der Waals surface area contributed by atoms with E-state index in [2.05, 4.69) is 10.2 Å². The molecule has 27 heavy (non-hydrogen) atoms. The van der Waals surface area contributed by atoms with Crippen LogP contribution in [0.25, 0.3) is 5.69 Å². The second-order valence-corrected chi connectivity index (χ2v) is 7.44. The number of carbonyl (C=O) groups excluding carboxylic acids is 1. The fourth-order valence-electron chi connectivity index (χ4n) is 3.39. The molecule has 1 aromatic heterocycles. The lowest BCUT2D eigenvalue weighted by Crippen LogP contribution is -2.29. The minimum Gasteiger partial charge on any atom is -0.423 e. The molecule has 136 valence electrons. The van der Waals surface area contributed by atoms with Crippen molar-refractivity contribution in [1.82, 2.24) is 14.8 Å². The van der Waals surface area contributed by atoms with Crippen LogP contribution in [0.4, 0.5) is 0 Å². The molecule has 0 saturated heterocycles. The Morgan fingerprint density at radius 1 is 1.22 bits per heavy atom. The molecule has 6 nitrogen and oxygen atoms in total. The molecule has 3 aromatic rings. The lowest BCUT2D eigenvalue weighted by atomic mass is 9.77. The summed E-state index contributed by atoms with van der Waals surface area (Å²) < 4.78 is 7.28. The molecule has 1 aliphatic heterocycles. The summed E-state index contributed by atoms with van der Waals surface area (Å²) >= 11 is 6.33. The van der Waals surface area contributed by atoms with Crippen molar-refractivity contribution in [2.45, 2.75) is 25.9 Å². The maximum atomic E-state index is 12.7. The molecular formula is C19H17BClN3O3. The number of halogens is 1. The first-order chi connectivity index (χ1) is 12.8. The second kappa shape index (κ2) is 6.60. The zero-order valence-corrected chi connectivity index (χ0v) is 15.6. The van der Waals surface area contributed by atoms with Gasteiger partial charge in [0.25, 0.3) is 0 Å². The minimum atomic E-state index is -0.975. The number of ketones is 1. The molecule has 1 aliphatic rings. The van der Waals surface area contributed by atoms with Gasteiger partial charge in [-0.05, 0) is 48.6 Å². The van der Waals surface area contributed by atoms with E-state index in [-0.39, 0.29) is 12.2 Å². The van der Waals surface area contributed by atoms with Crippen molar-refractivity contribution in [1.29, 1.82) is 0 Å². The molecule has 4 rings (SSSR count). The minimum absolute atomic E-state index is 0.0945. The topological polar surface area (TPSA) is 77.2 Å². The first-order valence-electron chi connectivity index (χ1n) is 8.52. The normalized spacial score (nSPS) is 15.0. The number of hydrogen-bond acceptors (Lipinski definition) is 5. The summed E-state index contributed by atoms with van der Waals surface area (Å²) in [6, 6.07) is 10.8. The third-order valence-corrected chi connectivity index (χ3v) is 5.08. The Hall–Kier alpha value is -2.48. The Kier molecular flexibility index (Phi) is 4.38. The number of benzene rings is 2. The molecule has 0 amide bonds. The van der Waals surface area contributed by atoms with E-state index in [1.807, 2.05) is 32.0 Å². The van der Waals surface area contributed by atoms with E-state index in [4.69, 9.17) is 16.3 Å². The van der Waals surface area contributed by atoms with E-state index in [9.17, 15) is 9.82 Å². The van der Waals surface area contributed by atoms with Crippen molar-refractivity contribution in [3.8, 4) is 5.69 Å². The summed E-state index contributed by atoms with van der Waals surface area (Å²) in [5.74, 6) is -0.0945. The van der Waals surface area contributed by atoms with Crippen LogP contribution in [0.1, 0.15) is 35.3 Å². The Morgan fingerprint density at radius 3 is 2.67 bits per heavy atom. The fourth-order valence-corrected chi connectivity index (χ4v) is 3.67. The lowest BCUT2D eigenvalue weighted by molar-refractivity contribution is 0.0991. The Labute approximate surface area is 161 Å². The van der Waals surface area contributed by atoms with Crippen LogP contribution in [0.15, 0.2) is 49.1 Å². The van der Waals surface area contributed by atoms with Gasteiger partial charge in [-0.1, -0.05) is 29.8 Å². The number of hydrogen-bond donors (Lipinski definition) is 1. The standard InChI is InChI=1S/C19H17BClN3O3/c1-19(2)15-6-3-12(7-16(15)20(26)27-19)8-18(25)14-5-4-13(9-17(14)21)24-10-22-23-11-24/h3-7,9-11,26H,8H2,1-2H3. The van der Waals surface area contributed by atoms with E-state index in [0.717, 1.165) is 16.8 Å². The molecule has 0 saturated carbocycles. The molecule has 1 N–H and O–H groups in total. The second-order valence-electron chi connectivity index (χ2n) is 7.04. The monoisotopic (exact) mass is 381 g/mol. The fraction of sp³-hybridized carbons (Fsp3) is 0.211. The van der Waals surface area contributed by atoms with Crippen molar-refractivity contribution < 1.29 is 14.5 Å². The first-order valence-corrected chi connectivity index (χ1v) is 8.90. The van der Waals surface area contributed by atoms with Gasteiger partial charge in [-0.3, -0.25) is 9.36 Å². The van der Waals surface area contributed by atoms with Crippen LogP contribution in [0.2, 0.25) is 5.02 Å². The van der Waals surface area contributed by atoms with Gasteiger partial charge in [-0.2, -0.15) is 0 Å². The summed E-state index contributed by atoms with van der Waals surface area (Å²) in [5, 5.41) is 18.0. The Bertz CT molecular complexity index is 1020. The molecule has 0 fully saturated rings. The predicted octanol–water partition coefficient (Wildman–Crippen LogP) is 2.30. The maximum absolute atomic E-state index is 12.7. The predicted molar refractivity (Wildman–Crippen MR) is 103 cm³/mol. The van der Waals surface area contributed by atoms with Gasteiger partial charge in [0, 0.05) is 17.7 Å². The van der Waals surface area contributed by atoms with Crippen LogP contribution in [0, 0.1) is 0 Å². The van der Waals surface area contributed by atoms with Crippen molar-refractivity contribution in [2.75, 3.05) is 0 Å². The number of Topliss-reactive ketones (excluding diaryl/α,β-unsaturated/α-hetero) is 1. The lowest BCUT2D eigenvalue weighted by Gasteiger charge is -2.19. The highest BCUT2D eigenvalue weighted by atomic mass is 35.5. The van der Waals surface area contributed by atoms with Crippen LogP contribution < -0.4 is 5.46 Å². The van der Waals surface area contributed by atoms with Crippen LogP contribution in [0.3, 0.4) is 0 Å². The average Bonchev–Trinajstić information content (AvgIpc) is 3.22. The largest absolute Gasteiger partial charge is 0.492 e. The molecule has 0 spiro atoms. The molecule has 2 heterocycles. The molecule has 0 radical (unpaired) electrons. The molecule has 8 heteroatoms. The van der Waals surface area contributed by atoms with E-state index in [1.54, 1.807) is 35.4 Å². The molecule has 0 aliphatic carbocycles. The number of rotatable bonds is 4. The van der Waals surface area contributed by atoms with Crippen molar-refractivity contribution >= 4 is 30.0 Å². The summed E-state index contributed by atoms with van der Waals surface area (Å²) in [6.07, 6.45) is 3.31. The summed E-state index contributed by atoms with van der Waals surface area (Å²) in [6.45, 7) is 3.81. The Morgan fingerprint density at radius 2 is 1.96 bits per heavy atom. The van der Waals surface area contributed by atoms with Crippen LogP contribution in [0.5, 0.6) is 0 Å². The van der Waals surface area contributed by atoms with E-state index in [1.165, 1.54) is 0 Å². The molecular weight excluding hydrogens is 364 g/mol. The highest BCUT2D eigenvalue weighted by molar-refractivity contribution is 6.62. The Balaban J connectivity index is 1.57. The van der Waals surface area contributed by atoms with Crippen LogP contribution in [-0.4, -0.2) is 32.7 Å². The summed E-state index contributed by atoms with van der Waals surface area (Å²) in [5.41, 5.74) is 3.13. The molecule has 0 atom stereocenters. The molecule has 0 bridgehead atoms. The van der Waals surface area contributed by atoms with Gasteiger partial charge in [-0.25, -0.2) is 0 Å². The summed E-state index contributed by atoms with van der Waals surface area (Å²) in [4.78, 5) is 12.7. The van der Waals surface area contributed by atoms with Crippen molar-refractivity contribution in [2.24, 2.45) is 0 Å². The molecule has 0 unspecified atom stereocenters. The maximum Gasteiger partial charge on any atom is 0.492 e. The highest BCUT2D eigenvalue weighted by Crippen LogP contribution is 2.30. The van der Waals surface area contributed by atoms with Crippen LogP contribution >= 0.6 is 11.6 Å². The molecule has 2 aromatic carbocycles. The number of carbonyl (C=O) groups is 1. The third-order valence-electron chi connectivity index (χ3n) is 4.77. The van der Waals surface area contributed by atoms with Gasteiger partial charge in [-0.15, -0.1) is 10.2 Å². The van der Waals surface area contributed by atoms with Crippen molar-refractivity contribution in [3.05, 3.63) is 70.8 Å². The first kappa shape index (κ1) is 17.9. The third kappa shape index (κ3) is 3.29. The quantitative estimate of drug-likeness (QED) is 0.554. The number of fused-ring (bicyclic) bond motifs is 1. The van der Waals surface area contributed by atoms with Gasteiger partial charge in [0.1, 0.15) is 12.7 Å². The summed E-state index contributed by atoms with van der Waals surface area (Å²) in [7, 11) is -0.975.